The molecular formula is C14H16BrN3O. The van der Waals surface area contributed by atoms with E-state index in [0.29, 0.717) is 0 Å². The zero-order valence-electron chi connectivity index (χ0n) is 11.1. The van der Waals surface area contributed by atoms with Gasteiger partial charge in [-0.05, 0) is 38.3 Å². The zero-order valence-corrected chi connectivity index (χ0v) is 12.7. The van der Waals surface area contributed by atoms with Gasteiger partial charge in [0.05, 0.1) is 11.4 Å². The highest BCUT2D eigenvalue weighted by atomic mass is 79.9. The highest BCUT2D eigenvalue weighted by Crippen LogP contribution is 2.37. The number of likely N-dealkylation sites (tertiary alicyclic amines) is 1. The van der Waals surface area contributed by atoms with Gasteiger partial charge in [0, 0.05) is 23.8 Å². The van der Waals surface area contributed by atoms with E-state index in [1.54, 1.807) is 4.90 Å². The van der Waals surface area contributed by atoms with Crippen LogP contribution in [-0.2, 0) is 4.79 Å². The first-order valence-electron chi connectivity index (χ1n) is 6.49. The summed E-state index contributed by atoms with van der Waals surface area (Å²) in [4.78, 5) is 23.3. The Labute approximate surface area is 121 Å². The summed E-state index contributed by atoms with van der Waals surface area (Å²) in [5.41, 5.74) is 2.32. The minimum atomic E-state index is -0.498. The second kappa shape index (κ2) is 4.40. The van der Waals surface area contributed by atoms with E-state index in [9.17, 15) is 4.79 Å². The maximum atomic E-state index is 12.2. The fourth-order valence-corrected chi connectivity index (χ4v) is 3.46. The molecule has 5 heteroatoms. The monoisotopic (exact) mass is 321 g/mol. The standard InChI is InChI=1S/C14H16BrN3O/c1-9-7-10(15)8-12(16-9)11-3-4-14(17-11)5-6-18(2)13(14)19/h7-8H,3-6H2,1-2H3. The Hall–Kier alpha value is -1.23. The lowest BCUT2D eigenvalue weighted by molar-refractivity contribution is -0.130. The molecule has 1 fully saturated rings. The van der Waals surface area contributed by atoms with Crippen molar-refractivity contribution in [3.8, 4) is 0 Å². The quantitative estimate of drug-likeness (QED) is 0.797. The first kappa shape index (κ1) is 12.8. The molecule has 1 unspecified atom stereocenters. The predicted molar refractivity (Wildman–Crippen MR) is 77.4 cm³/mol. The Balaban J connectivity index is 1.97. The number of aryl methyl sites for hydroxylation is 1. The first-order valence-corrected chi connectivity index (χ1v) is 7.28. The molecule has 100 valence electrons. The van der Waals surface area contributed by atoms with Gasteiger partial charge in [0.25, 0.3) is 0 Å². The minimum absolute atomic E-state index is 0.161. The fraction of sp³-hybridized carbons (Fsp3) is 0.500. The molecular weight excluding hydrogens is 306 g/mol. The van der Waals surface area contributed by atoms with Crippen LogP contribution < -0.4 is 0 Å². The van der Waals surface area contributed by atoms with Gasteiger partial charge in [-0.2, -0.15) is 0 Å². The number of pyridine rings is 1. The van der Waals surface area contributed by atoms with Gasteiger partial charge >= 0.3 is 0 Å². The molecule has 19 heavy (non-hydrogen) atoms. The van der Waals surface area contributed by atoms with Crippen LogP contribution in [0.4, 0.5) is 0 Å². The van der Waals surface area contributed by atoms with Crippen molar-refractivity contribution in [1.29, 1.82) is 0 Å². The zero-order chi connectivity index (χ0) is 13.6. The van der Waals surface area contributed by atoms with Crippen LogP contribution in [0.25, 0.3) is 0 Å². The smallest absolute Gasteiger partial charge is 0.250 e. The first-order chi connectivity index (χ1) is 9.00. The van der Waals surface area contributed by atoms with Crippen LogP contribution >= 0.6 is 15.9 Å². The SMILES string of the molecule is Cc1cc(Br)cc(C2=NC3(CC2)CCN(C)C3=O)n1. The topological polar surface area (TPSA) is 45.6 Å². The number of hydrogen-bond acceptors (Lipinski definition) is 3. The lowest BCUT2D eigenvalue weighted by atomic mass is 9.95. The minimum Gasteiger partial charge on any atom is -0.344 e. The van der Waals surface area contributed by atoms with Crippen LogP contribution in [0, 0.1) is 6.92 Å². The number of carbonyl (C=O) groups is 1. The van der Waals surface area contributed by atoms with Gasteiger partial charge in [-0.1, -0.05) is 15.9 Å². The second-order valence-electron chi connectivity index (χ2n) is 5.38. The number of aromatic nitrogens is 1. The van der Waals surface area contributed by atoms with Crippen LogP contribution in [0.5, 0.6) is 0 Å². The number of aliphatic imine (C=N–C) groups is 1. The lowest BCUT2D eigenvalue weighted by Crippen LogP contribution is -2.35. The molecule has 0 N–H and O–H groups in total. The molecule has 0 radical (unpaired) electrons. The molecule has 1 aromatic heterocycles. The Morgan fingerprint density at radius 2 is 2.16 bits per heavy atom. The highest BCUT2D eigenvalue weighted by Gasteiger charge is 2.48. The van der Waals surface area contributed by atoms with E-state index in [1.807, 2.05) is 26.1 Å². The molecule has 0 aromatic carbocycles. The summed E-state index contributed by atoms with van der Waals surface area (Å²) in [5, 5.41) is 0. The maximum Gasteiger partial charge on any atom is 0.250 e. The van der Waals surface area contributed by atoms with Crippen molar-refractivity contribution < 1.29 is 4.79 Å². The van der Waals surface area contributed by atoms with Gasteiger partial charge in [-0.25, -0.2) is 0 Å². The van der Waals surface area contributed by atoms with E-state index >= 15 is 0 Å². The average Bonchev–Trinajstić information content (AvgIpc) is 2.89. The van der Waals surface area contributed by atoms with E-state index in [0.717, 1.165) is 47.4 Å². The summed E-state index contributed by atoms with van der Waals surface area (Å²) in [6, 6.07) is 3.96. The van der Waals surface area contributed by atoms with Crippen molar-refractivity contribution in [2.75, 3.05) is 13.6 Å². The van der Waals surface area contributed by atoms with Crippen molar-refractivity contribution >= 4 is 27.5 Å². The van der Waals surface area contributed by atoms with Crippen molar-refractivity contribution in [2.45, 2.75) is 31.7 Å². The summed E-state index contributed by atoms with van der Waals surface area (Å²) >= 11 is 3.49. The van der Waals surface area contributed by atoms with Crippen LogP contribution in [0.3, 0.4) is 0 Å². The molecule has 4 nitrogen and oxygen atoms in total. The Kier molecular flexibility index (Phi) is 2.96. The van der Waals surface area contributed by atoms with Crippen LogP contribution in [-0.4, -0.2) is 40.6 Å². The maximum absolute atomic E-state index is 12.2. The molecule has 1 saturated heterocycles. The third-order valence-corrected chi connectivity index (χ3v) is 4.40. The van der Waals surface area contributed by atoms with Crippen molar-refractivity contribution in [2.24, 2.45) is 4.99 Å². The lowest BCUT2D eigenvalue weighted by Gasteiger charge is -2.16. The van der Waals surface area contributed by atoms with E-state index in [2.05, 4.69) is 20.9 Å². The van der Waals surface area contributed by atoms with Gasteiger partial charge in [-0.3, -0.25) is 14.8 Å². The highest BCUT2D eigenvalue weighted by molar-refractivity contribution is 9.10. The third-order valence-electron chi connectivity index (χ3n) is 3.94. The molecule has 1 aromatic rings. The molecule has 3 rings (SSSR count). The van der Waals surface area contributed by atoms with Crippen LogP contribution in [0.2, 0.25) is 0 Å². The Morgan fingerprint density at radius 1 is 1.37 bits per heavy atom. The number of nitrogens with zero attached hydrogens (tertiary/aromatic N) is 3. The van der Waals surface area contributed by atoms with Gasteiger partial charge < -0.3 is 4.90 Å². The van der Waals surface area contributed by atoms with E-state index < -0.39 is 5.54 Å². The average molecular weight is 322 g/mol. The molecule has 3 heterocycles. The van der Waals surface area contributed by atoms with E-state index in [4.69, 9.17) is 4.99 Å². The number of likely N-dealkylation sites (N-methyl/N-ethyl adjacent to an activating group) is 1. The normalized spacial score (nSPS) is 26.4. The summed E-state index contributed by atoms with van der Waals surface area (Å²) in [6.07, 6.45) is 2.49. The largest absolute Gasteiger partial charge is 0.344 e. The summed E-state index contributed by atoms with van der Waals surface area (Å²) in [6.45, 7) is 2.77. The molecule has 2 aliphatic heterocycles. The predicted octanol–water partition coefficient (Wildman–Crippen LogP) is 2.34. The molecule has 2 aliphatic rings. The molecule has 0 aliphatic carbocycles. The number of halogens is 1. The second-order valence-corrected chi connectivity index (χ2v) is 6.29. The van der Waals surface area contributed by atoms with Crippen molar-refractivity contribution in [3.05, 3.63) is 28.0 Å². The third kappa shape index (κ3) is 2.10. The van der Waals surface area contributed by atoms with Gasteiger partial charge in [0.2, 0.25) is 5.91 Å². The van der Waals surface area contributed by atoms with Gasteiger partial charge in [0.1, 0.15) is 5.54 Å². The molecule has 0 bridgehead atoms. The molecule has 1 atom stereocenters. The number of amides is 1. The number of hydrogen-bond donors (Lipinski definition) is 0. The van der Waals surface area contributed by atoms with E-state index in [1.165, 1.54) is 0 Å². The van der Waals surface area contributed by atoms with Gasteiger partial charge in [-0.15, -0.1) is 0 Å². The van der Waals surface area contributed by atoms with Crippen molar-refractivity contribution in [3.63, 3.8) is 0 Å². The fourth-order valence-electron chi connectivity index (χ4n) is 2.91. The number of carbonyl (C=O) groups excluding carboxylic acids is 1. The molecule has 0 saturated carbocycles. The van der Waals surface area contributed by atoms with E-state index in [-0.39, 0.29) is 5.91 Å². The Bertz CT molecular complexity index is 564. The molecule has 1 spiro atoms. The summed E-state index contributed by atoms with van der Waals surface area (Å²) < 4.78 is 1.01. The number of rotatable bonds is 1. The Morgan fingerprint density at radius 3 is 2.79 bits per heavy atom. The van der Waals surface area contributed by atoms with Crippen LogP contribution in [0.1, 0.15) is 30.7 Å². The van der Waals surface area contributed by atoms with Crippen molar-refractivity contribution in [1.82, 2.24) is 9.88 Å². The van der Waals surface area contributed by atoms with Crippen LogP contribution in [0.15, 0.2) is 21.6 Å². The molecule has 1 amide bonds. The summed E-state index contributed by atoms with van der Waals surface area (Å²) in [7, 11) is 1.85. The summed E-state index contributed by atoms with van der Waals surface area (Å²) in [5.74, 6) is 0.161. The van der Waals surface area contributed by atoms with Gasteiger partial charge in [0.15, 0.2) is 0 Å².